The fraction of sp³-hybridized carbons (Fsp3) is 0.308. The Bertz CT molecular complexity index is 681. The second-order valence-corrected chi connectivity index (χ2v) is 5.54. The summed E-state index contributed by atoms with van der Waals surface area (Å²) in [7, 11) is 3.09. The zero-order valence-corrected chi connectivity index (χ0v) is 13.4. The van der Waals surface area contributed by atoms with Crippen LogP contribution in [-0.2, 0) is 23.2 Å². The van der Waals surface area contributed by atoms with E-state index in [2.05, 4.69) is 14.9 Å². The third-order valence-electron chi connectivity index (χ3n) is 2.73. The molecule has 0 saturated carbocycles. The van der Waals surface area contributed by atoms with Gasteiger partial charge >= 0.3 is 5.97 Å². The first-order valence-electron chi connectivity index (χ1n) is 6.17. The third kappa shape index (κ3) is 4.11. The van der Waals surface area contributed by atoms with Crippen LogP contribution in [0.3, 0.4) is 0 Å². The second kappa shape index (κ2) is 7.46. The van der Waals surface area contributed by atoms with E-state index in [4.69, 9.17) is 16.3 Å². The highest BCUT2D eigenvalue weighted by Gasteiger charge is 2.12. The molecule has 0 aliphatic heterocycles. The van der Waals surface area contributed by atoms with Gasteiger partial charge in [0.25, 0.3) is 0 Å². The second-order valence-electron chi connectivity index (χ2n) is 4.19. The summed E-state index contributed by atoms with van der Waals surface area (Å²) < 4.78 is 24.8. The number of carbonyl (C=O) groups is 1. The smallest absolute Gasteiger partial charge is 0.316 e. The van der Waals surface area contributed by atoms with E-state index < -0.39 is 5.82 Å². The summed E-state index contributed by atoms with van der Waals surface area (Å²) in [5.74, 6) is 0.295. The Kier molecular flexibility index (Phi) is 5.62. The quantitative estimate of drug-likeness (QED) is 0.592. The lowest BCUT2D eigenvalue weighted by Gasteiger charge is -2.07. The van der Waals surface area contributed by atoms with Crippen molar-refractivity contribution >= 4 is 29.3 Å². The van der Waals surface area contributed by atoms with Crippen molar-refractivity contribution in [2.75, 3.05) is 12.9 Å². The average Bonchev–Trinajstić information content (AvgIpc) is 2.86. The van der Waals surface area contributed by atoms with Crippen LogP contribution >= 0.6 is 23.4 Å². The summed E-state index contributed by atoms with van der Waals surface area (Å²) >= 11 is 6.90. The van der Waals surface area contributed by atoms with E-state index in [-0.39, 0.29) is 23.4 Å². The number of hydrogen-bond acceptors (Lipinski definition) is 6. The van der Waals surface area contributed by atoms with Crippen LogP contribution in [0.1, 0.15) is 5.82 Å². The highest BCUT2D eigenvalue weighted by molar-refractivity contribution is 7.99. The topological polar surface area (TPSA) is 66.2 Å². The lowest BCUT2D eigenvalue weighted by molar-refractivity contribution is -0.137. The monoisotopic (exact) mass is 345 g/mol. The van der Waals surface area contributed by atoms with Crippen molar-refractivity contribution in [3.63, 3.8) is 0 Å². The van der Waals surface area contributed by atoms with Gasteiger partial charge in [-0.15, -0.1) is 10.2 Å². The molecule has 2 aromatic rings. The predicted octanol–water partition coefficient (Wildman–Crippen LogP) is 2.45. The molecule has 0 amide bonds. The summed E-state index contributed by atoms with van der Waals surface area (Å²) in [6.07, 6.45) is 0. The minimum atomic E-state index is -0.505. The molecular weight excluding hydrogens is 333 g/mol. The molecule has 0 aliphatic carbocycles. The Morgan fingerprint density at radius 3 is 2.91 bits per heavy atom. The molecule has 0 saturated heterocycles. The molecular formula is C13H13ClFN3O3S. The lowest BCUT2D eigenvalue weighted by Crippen LogP contribution is -2.06. The number of benzene rings is 1. The fourth-order valence-electron chi connectivity index (χ4n) is 1.49. The standard InChI is InChI=1S/C13H13ClFN3O3S/c1-18-11(16-17-13(18)22-7-12(19)20-2)6-21-8-3-4-10(15)9(14)5-8/h3-5H,6-7H2,1-2H3. The minimum absolute atomic E-state index is 0.00946. The zero-order chi connectivity index (χ0) is 16.1. The van der Waals surface area contributed by atoms with Crippen LogP contribution in [0.5, 0.6) is 5.75 Å². The van der Waals surface area contributed by atoms with Crippen LogP contribution in [-0.4, -0.2) is 33.6 Å². The van der Waals surface area contributed by atoms with Crippen LogP contribution < -0.4 is 4.74 Å². The largest absolute Gasteiger partial charge is 0.486 e. The Hall–Kier alpha value is -1.80. The van der Waals surface area contributed by atoms with Crippen LogP contribution in [0.4, 0.5) is 4.39 Å². The molecule has 0 aliphatic rings. The molecule has 1 heterocycles. The Morgan fingerprint density at radius 2 is 2.23 bits per heavy atom. The molecule has 118 valence electrons. The normalized spacial score (nSPS) is 10.5. The predicted molar refractivity (Wildman–Crippen MR) is 79.5 cm³/mol. The molecule has 9 heteroatoms. The van der Waals surface area contributed by atoms with Gasteiger partial charge in [-0.1, -0.05) is 23.4 Å². The molecule has 0 atom stereocenters. The summed E-state index contributed by atoms with van der Waals surface area (Å²) in [4.78, 5) is 11.1. The first kappa shape index (κ1) is 16.6. The van der Waals surface area contributed by atoms with Crippen LogP contribution in [0.25, 0.3) is 0 Å². The summed E-state index contributed by atoms with van der Waals surface area (Å²) in [6.45, 7) is 0.143. The van der Waals surface area contributed by atoms with E-state index in [1.807, 2.05) is 0 Å². The van der Waals surface area contributed by atoms with Crippen molar-refractivity contribution in [2.24, 2.45) is 7.05 Å². The highest BCUT2D eigenvalue weighted by atomic mass is 35.5. The molecule has 0 spiro atoms. The number of methoxy groups -OCH3 is 1. The maximum atomic E-state index is 13.1. The maximum Gasteiger partial charge on any atom is 0.316 e. The summed E-state index contributed by atoms with van der Waals surface area (Å²) in [5.41, 5.74) is 0. The van der Waals surface area contributed by atoms with E-state index in [0.717, 1.165) is 0 Å². The van der Waals surface area contributed by atoms with Gasteiger partial charge in [0.05, 0.1) is 17.9 Å². The molecule has 0 radical (unpaired) electrons. The van der Waals surface area contributed by atoms with Crippen LogP contribution in [0, 0.1) is 5.82 Å². The number of hydrogen-bond donors (Lipinski definition) is 0. The molecule has 22 heavy (non-hydrogen) atoms. The Labute approximate surface area is 135 Å². The van der Waals surface area contributed by atoms with Crippen LogP contribution in [0.15, 0.2) is 23.4 Å². The number of esters is 1. The van der Waals surface area contributed by atoms with E-state index in [9.17, 15) is 9.18 Å². The molecule has 6 nitrogen and oxygen atoms in total. The average molecular weight is 346 g/mol. The number of carbonyl (C=O) groups excluding carboxylic acids is 1. The first-order chi connectivity index (χ1) is 10.5. The first-order valence-corrected chi connectivity index (χ1v) is 7.53. The van der Waals surface area contributed by atoms with Gasteiger partial charge in [0.1, 0.15) is 18.2 Å². The van der Waals surface area contributed by atoms with E-state index in [1.165, 1.54) is 37.1 Å². The van der Waals surface area contributed by atoms with Gasteiger partial charge in [-0.25, -0.2) is 4.39 Å². The van der Waals surface area contributed by atoms with Gasteiger partial charge in [-0.05, 0) is 12.1 Å². The molecule has 0 unspecified atom stereocenters. The number of ether oxygens (including phenoxy) is 2. The number of aromatic nitrogens is 3. The zero-order valence-electron chi connectivity index (χ0n) is 11.9. The molecule has 1 aromatic carbocycles. The van der Waals surface area contributed by atoms with Gasteiger partial charge in [0.2, 0.25) is 0 Å². The van der Waals surface area contributed by atoms with Crippen molar-refractivity contribution in [1.29, 1.82) is 0 Å². The van der Waals surface area contributed by atoms with Crippen molar-refractivity contribution in [1.82, 2.24) is 14.8 Å². The van der Waals surface area contributed by atoms with Crippen molar-refractivity contribution in [3.05, 3.63) is 34.9 Å². The molecule has 2 rings (SSSR count). The number of halogens is 2. The molecule has 0 N–H and O–H groups in total. The van der Waals surface area contributed by atoms with Crippen molar-refractivity contribution < 1.29 is 18.7 Å². The van der Waals surface area contributed by atoms with E-state index in [0.29, 0.717) is 16.7 Å². The lowest BCUT2D eigenvalue weighted by atomic mass is 10.3. The molecule has 1 aromatic heterocycles. The van der Waals surface area contributed by atoms with Crippen molar-refractivity contribution in [3.8, 4) is 5.75 Å². The number of thioether (sulfide) groups is 1. The summed E-state index contributed by atoms with van der Waals surface area (Å²) in [5, 5.41) is 8.51. The SMILES string of the molecule is COC(=O)CSc1nnc(COc2ccc(F)c(Cl)c2)n1C. The highest BCUT2D eigenvalue weighted by Crippen LogP contribution is 2.22. The van der Waals surface area contributed by atoms with Crippen LogP contribution in [0.2, 0.25) is 5.02 Å². The van der Waals surface area contributed by atoms with Gasteiger partial charge in [-0.2, -0.15) is 0 Å². The number of nitrogens with zero attached hydrogens (tertiary/aromatic N) is 3. The van der Waals surface area contributed by atoms with Gasteiger partial charge in [-0.3, -0.25) is 4.79 Å². The minimum Gasteiger partial charge on any atom is -0.486 e. The van der Waals surface area contributed by atoms with E-state index >= 15 is 0 Å². The van der Waals surface area contributed by atoms with E-state index in [1.54, 1.807) is 11.6 Å². The fourth-order valence-corrected chi connectivity index (χ4v) is 2.43. The summed E-state index contributed by atoms with van der Waals surface area (Å²) in [6, 6.07) is 4.09. The third-order valence-corrected chi connectivity index (χ3v) is 4.01. The van der Waals surface area contributed by atoms with Crippen molar-refractivity contribution in [2.45, 2.75) is 11.8 Å². The molecule has 0 bridgehead atoms. The Balaban J connectivity index is 1.97. The number of rotatable bonds is 6. The Morgan fingerprint density at radius 1 is 1.45 bits per heavy atom. The van der Waals surface area contributed by atoms with Gasteiger partial charge in [0.15, 0.2) is 11.0 Å². The molecule has 0 fully saturated rings. The van der Waals surface area contributed by atoms with Gasteiger partial charge < -0.3 is 14.0 Å². The maximum absolute atomic E-state index is 13.1. The van der Waals surface area contributed by atoms with Gasteiger partial charge in [0, 0.05) is 13.1 Å².